The van der Waals surface area contributed by atoms with Gasteiger partial charge in [0.05, 0.1) is 35.0 Å². The molecule has 0 amide bonds. The van der Waals surface area contributed by atoms with E-state index in [-0.39, 0.29) is 35.2 Å². The Labute approximate surface area is 215 Å². The second-order valence-corrected chi connectivity index (χ2v) is 13.3. The first-order valence-electron chi connectivity index (χ1n) is 13.5. The molecule has 2 aromatic heterocycles. The summed E-state index contributed by atoms with van der Waals surface area (Å²) >= 11 is 0. The van der Waals surface area contributed by atoms with E-state index in [1.165, 1.54) is 11.1 Å². The third kappa shape index (κ3) is 3.67. The van der Waals surface area contributed by atoms with Crippen molar-refractivity contribution in [2.75, 3.05) is 0 Å². The van der Waals surface area contributed by atoms with Gasteiger partial charge in [0.1, 0.15) is 12.2 Å². The van der Waals surface area contributed by atoms with Crippen LogP contribution in [0.1, 0.15) is 103 Å². The molecule has 0 N–H and O–H groups in total. The molecule has 2 aliphatic carbocycles. The normalized spacial score (nSPS) is 35.7. The van der Waals surface area contributed by atoms with Crippen LogP contribution in [0.4, 0.5) is 0 Å². The fraction of sp³-hybridized carbons (Fsp3) is 0.667. The smallest absolute Gasteiger partial charge is 0.171 e. The second kappa shape index (κ2) is 7.83. The maximum atomic E-state index is 6.60. The molecular formula is C30H40N2O4. The van der Waals surface area contributed by atoms with Crippen LogP contribution in [0.15, 0.2) is 24.3 Å². The highest BCUT2D eigenvalue weighted by molar-refractivity contribution is 5.57. The molecule has 0 saturated carbocycles. The largest absolute Gasteiger partial charge is 0.343 e. The Morgan fingerprint density at radius 2 is 1.03 bits per heavy atom. The maximum Gasteiger partial charge on any atom is 0.171 e. The van der Waals surface area contributed by atoms with Gasteiger partial charge in [-0.3, -0.25) is 0 Å². The van der Waals surface area contributed by atoms with E-state index in [9.17, 15) is 0 Å². The lowest BCUT2D eigenvalue weighted by atomic mass is 9.87. The highest BCUT2D eigenvalue weighted by atomic mass is 16.8. The standard InChI is InChI=1S/C30H40N2O4/c1-27(2,3)29(7)33-21-15-11-17-9-13-19(31-23(17)25(21)35-29)20-14-10-18-12-16-22-26(24(18)32-20)36-30(8,34-22)28(4,5)6/h9-10,13-14,21-22,25-26H,11-12,15-16H2,1-8H3/t21-,22-,25-,26-,29-,30-/m0/s1. The average Bonchev–Trinajstić information content (AvgIpc) is 3.36. The first-order valence-corrected chi connectivity index (χ1v) is 13.5. The number of aryl methyl sites for hydroxylation is 2. The number of fused-ring (bicyclic) bond motifs is 6. The Morgan fingerprint density at radius 1 is 0.639 bits per heavy atom. The Balaban J connectivity index is 1.34. The molecule has 36 heavy (non-hydrogen) atoms. The summed E-state index contributed by atoms with van der Waals surface area (Å²) in [7, 11) is 0. The van der Waals surface area contributed by atoms with Crippen molar-refractivity contribution in [2.45, 2.75) is 117 Å². The lowest BCUT2D eigenvalue weighted by Gasteiger charge is -2.36. The lowest BCUT2D eigenvalue weighted by Crippen LogP contribution is -2.41. The van der Waals surface area contributed by atoms with Crippen molar-refractivity contribution >= 4 is 0 Å². The summed E-state index contributed by atoms with van der Waals surface area (Å²) in [5.74, 6) is -1.28. The zero-order valence-electron chi connectivity index (χ0n) is 23.0. The van der Waals surface area contributed by atoms with Crippen molar-refractivity contribution in [3.05, 3.63) is 46.8 Å². The van der Waals surface area contributed by atoms with E-state index in [1.807, 2.05) is 0 Å². The van der Waals surface area contributed by atoms with Crippen molar-refractivity contribution in [3.63, 3.8) is 0 Å². The molecule has 0 aromatic carbocycles. The molecule has 0 spiro atoms. The highest BCUT2D eigenvalue weighted by Gasteiger charge is 2.54. The molecule has 2 aromatic rings. The first kappa shape index (κ1) is 24.5. The van der Waals surface area contributed by atoms with Crippen LogP contribution in [0.25, 0.3) is 11.4 Å². The third-order valence-electron chi connectivity index (χ3n) is 9.08. The van der Waals surface area contributed by atoms with Crippen LogP contribution >= 0.6 is 0 Å². The Hall–Kier alpha value is -1.86. The van der Waals surface area contributed by atoms with Gasteiger partial charge in [0.25, 0.3) is 0 Å². The van der Waals surface area contributed by atoms with E-state index < -0.39 is 11.6 Å². The van der Waals surface area contributed by atoms with Crippen LogP contribution in [0.5, 0.6) is 0 Å². The quantitative estimate of drug-likeness (QED) is 0.454. The Morgan fingerprint density at radius 3 is 1.39 bits per heavy atom. The van der Waals surface area contributed by atoms with Crippen molar-refractivity contribution < 1.29 is 18.9 Å². The van der Waals surface area contributed by atoms with Crippen molar-refractivity contribution in [1.29, 1.82) is 0 Å². The molecule has 6 rings (SSSR count). The van der Waals surface area contributed by atoms with Crippen LogP contribution in [0.3, 0.4) is 0 Å². The van der Waals surface area contributed by atoms with Crippen LogP contribution in [0.2, 0.25) is 0 Å². The van der Waals surface area contributed by atoms with Crippen molar-refractivity contribution in [2.24, 2.45) is 10.8 Å². The Bertz CT molecular complexity index is 1100. The van der Waals surface area contributed by atoms with Crippen LogP contribution in [-0.2, 0) is 31.8 Å². The van der Waals surface area contributed by atoms with Crippen LogP contribution in [0, 0.1) is 10.8 Å². The summed E-state index contributed by atoms with van der Waals surface area (Å²) in [6.45, 7) is 17.1. The number of hydrogen-bond donors (Lipinski definition) is 0. The molecule has 4 heterocycles. The Kier molecular flexibility index (Phi) is 5.32. The van der Waals surface area contributed by atoms with E-state index >= 15 is 0 Å². The van der Waals surface area contributed by atoms with E-state index in [4.69, 9.17) is 28.9 Å². The number of aromatic nitrogens is 2. The maximum absolute atomic E-state index is 6.60. The number of hydrogen-bond acceptors (Lipinski definition) is 6. The summed E-state index contributed by atoms with van der Waals surface area (Å²) in [6, 6.07) is 8.58. The first-order chi connectivity index (χ1) is 16.8. The van der Waals surface area contributed by atoms with Gasteiger partial charge in [0, 0.05) is 10.8 Å². The molecule has 2 fully saturated rings. The van der Waals surface area contributed by atoms with Gasteiger partial charge >= 0.3 is 0 Å². The summed E-state index contributed by atoms with van der Waals surface area (Å²) < 4.78 is 26.2. The number of nitrogens with zero attached hydrogens (tertiary/aromatic N) is 2. The van der Waals surface area contributed by atoms with Crippen LogP contribution in [-0.4, -0.2) is 33.8 Å². The fourth-order valence-electron chi connectivity index (χ4n) is 5.79. The zero-order valence-corrected chi connectivity index (χ0v) is 23.0. The molecule has 6 atom stereocenters. The minimum atomic E-state index is -0.639. The van der Waals surface area contributed by atoms with E-state index in [2.05, 4.69) is 79.7 Å². The van der Waals surface area contributed by atoms with E-state index in [0.717, 1.165) is 48.5 Å². The summed E-state index contributed by atoms with van der Waals surface area (Å²) in [5.41, 5.74) is 5.94. The molecule has 2 saturated heterocycles. The summed E-state index contributed by atoms with van der Waals surface area (Å²) in [6.07, 6.45) is 3.55. The molecule has 6 heteroatoms. The van der Waals surface area contributed by atoms with Gasteiger partial charge in [-0.1, -0.05) is 53.7 Å². The van der Waals surface area contributed by atoms with Gasteiger partial charge in [0.15, 0.2) is 11.6 Å². The molecule has 0 radical (unpaired) electrons. The molecule has 2 aliphatic heterocycles. The predicted octanol–water partition coefficient (Wildman–Crippen LogP) is 6.47. The average molecular weight is 493 g/mol. The van der Waals surface area contributed by atoms with Gasteiger partial charge in [-0.25, -0.2) is 9.97 Å². The highest BCUT2D eigenvalue weighted by Crippen LogP contribution is 2.52. The third-order valence-corrected chi connectivity index (χ3v) is 9.08. The zero-order chi connectivity index (χ0) is 25.7. The molecule has 0 unspecified atom stereocenters. The fourth-order valence-corrected chi connectivity index (χ4v) is 5.79. The monoisotopic (exact) mass is 492 g/mol. The van der Waals surface area contributed by atoms with Gasteiger partial charge in [-0.2, -0.15) is 0 Å². The lowest BCUT2D eigenvalue weighted by molar-refractivity contribution is -0.224. The number of ether oxygens (including phenoxy) is 4. The van der Waals surface area contributed by atoms with Crippen LogP contribution < -0.4 is 0 Å². The van der Waals surface area contributed by atoms with E-state index in [0.29, 0.717) is 0 Å². The second-order valence-electron chi connectivity index (χ2n) is 13.3. The van der Waals surface area contributed by atoms with E-state index in [1.54, 1.807) is 0 Å². The molecule has 0 bridgehead atoms. The SMILES string of the molecule is CC(C)(C)[C@@]1(C)O[C@H]2CCc3ccc(-c4ccc5c(n4)[C@H]4O[C@@](C)(C(C)(C)C)O[C@H]4CC5)nc3[C@H]2O1. The minimum absolute atomic E-state index is 0.0286. The molecule has 4 aliphatic rings. The number of rotatable bonds is 1. The van der Waals surface area contributed by atoms with Gasteiger partial charge < -0.3 is 18.9 Å². The summed E-state index contributed by atoms with van der Waals surface area (Å²) in [4.78, 5) is 10.3. The summed E-state index contributed by atoms with van der Waals surface area (Å²) in [5, 5.41) is 0. The van der Waals surface area contributed by atoms with Gasteiger partial charge in [0.2, 0.25) is 0 Å². The van der Waals surface area contributed by atoms with Crippen molar-refractivity contribution in [3.8, 4) is 11.4 Å². The molecule has 6 nitrogen and oxygen atoms in total. The topological polar surface area (TPSA) is 62.7 Å². The molecule has 194 valence electrons. The number of pyridine rings is 2. The van der Waals surface area contributed by atoms with Gasteiger partial charge in [-0.05, 0) is 62.8 Å². The van der Waals surface area contributed by atoms with Gasteiger partial charge in [-0.15, -0.1) is 0 Å². The van der Waals surface area contributed by atoms with Crippen molar-refractivity contribution in [1.82, 2.24) is 9.97 Å². The molecular weight excluding hydrogens is 452 g/mol. The minimum Gasteiger partial charge on any atom is -0.343 e. The predicted molar refractivity (Wildman–Crippen MR) is 137 cm³/mol.